The molecule has 2 unspecified atom stereocenters. The molecule has 2 rings (SSSR count). The molecule has 0 bridgehead atoms. The molecule has 78 valence electrons. The zero-order valence-electron chi connectivity index (χ0n) is 8.36. The van der Waals surface area contributed by atoms with Crippen LogP contribution in [0.3, 0.4) is 0 Å². The summed E-state index contributed by atoms with van der Waals surface area (Å²) in [5.74, 6) is -0.436. The lowest BCUT2D eigenvalue weighted by atomic mass is 9.81. The zero-order valence-corrected chi connectivity index (χ0v) is 8.36. The van der Waals surface area contributed by atoms with Crippen LogP contribution in [0.2, 0.25) is 0 Å². The standard InChI is InChI=1S/C10H15NO3/c1-2-14-11-9(12)7-5-3-4-6-8(7)10(11)13/h7-8H,2-6H2,1H3. The minimum absolute atomic E-state index is 0.0946. The third kappa shape index (κ3) is 1.34. The van der Waals surface area contributed by atoms with Crippen molar-refractivity contribution in [1.82, 2.24) is 5.06 Å². The van der Waals surface area contributed by atoms with Crippen LogP contribution in [-0.4, -0.2) is 23.5 Å². The Labute approximate surface area is 83.2 Å². The Morgan fingerprint density at radius 3 is 2.14 bits per heavy atom. The first kappa shape index (κ1) is 9.65. The van der Waals surface area contributed by atoms with Crippen LogP contribution in [-0.2, 0) is 14.4 Å². The molecule has 1 aliphatic carbocycles. The van der Waals surface area contributed by atoms with E-state index in [4.69, 9.17) is 4.84 Å². The second kappa shape index (κ2) is 3.69. The first-order valence-corrected chi connectivity index (χ1v) is 5.26. The monoisotopic (exact) mass is 197 g/mol. The summed E-state index contributed by atoms with van der Waals surface area (Å²) in [7, 11) is 0. The van der Waals surface area contributed by atoms with Gasteiger partial charge in [0.15, 0.2) is 0 Å². The highest BCUT2D eigenvalue weighted by atomic mass is 16.7. The molecule has 1 saturated carbocycles. The van der Waals surface area contributed by atoms with Crippen LogP contribution in [0, 0.1) is 11.8 Å². The molecule has 1 saturated heterocycles. The maximum atomic E-state index is 11.7. The fourth-order valence-electron chi connectivity index (χ4n) is 2.39. The summed E-state index contributed by atoms with van der Waals surface area (Å²) < 4.78 is 0. The molecule has 0 aromatic rings. The van der Waals surface area contributed by atoms with Crippen molar-refractivity contribution in [2.45, 2.75) is 32.6 Å². The van der Waals surface area contributed by atoms with E-state index in [1.165, 1.54) is 0 Å². The minimum atomic E-state index is -0.124. The number of carbonyl (C=O) groups excluding carboxylic acids is 2. The van der Waals surface area contributed by atoms with Gasteiger partial charge < -0.3 is 0 Å². The van der Waals surface area contributed by atoms with E-state index in [-0.39, 0.29) is 23.7 Å². The van der Waals surface area contributed by atoms with E-state index < -0.39 is 0 Å². The van der Waals surface area contributed by atoms with E-state index in [1.54, 1.807) is 6.92 Å². The summed E-state index contributed by atoms with van der Waals surface area (Å²) in [4.78, 5) is 28.5. The third-order valence-corrected chi connectivity index (χ3v) is 3.06. The second-order valence-electron chi connectivity index (χ2n) is 3.89. The van der Waals surface area contributed by atoms with Crippen LogP contribution in [0.1, 0.15) is 32.6 Å². The smallest absolute Gasteiger partial charge is 0.257 e. The highest BCUT2D eigenvalue weighted by molar-refractivity contribution is 6.04. The van der Waals surface area contributed by atoms with Gasteiger partial charge >= 0.3 is 0 Å². The molecule has 1 heterocycles. The van der Waals surface area contributed by atoms with Gasteiger partial charge in [0.25, 0.3) is 11.8 Å². The van der Waals surface area contributed by atoms with Gasteiger partial charge in [-0.2, -0.15) is 5.06 Å². The quantitative estimate of drug-likeness (QED) is 0.623. The number of nitrogens with zero attached hydrogens (tertiary/aromatic N) is 1. The van der Waals surface area contributed by atoms with Gasteiger partial charge in [0.05, 0.1) is 18.4 Å². The van der Waals surface area contributed by atoms with Gasteiger partial charge in [0.1, 0.15) is 0 Å². The fraction of sp³-hybridized carbons (Fsp3) is 0.800. The van der Waals surface area contributed by atoms with Gasteiger partial charge in [0, 0.05) is 0 Å². The fourth-order valence-corrected chi connectivity index (χ4v) is 2.39. The molecular formula is C10H15NO3. The first-order valence-electron chi connectivity index (χ1n) is 5.26. The van der Waals surface area contributed by atoms with Crippen LogP contribution in [0.4, 0.5) is 0 Å². The van der Waals surface area contributed by atoms with E-state index in [0.717, 1.165) is 30.7 Å². The summed E-state index contributed by atoms with van der Waals surface area (Å²) >= 11 is 0. The normalized spacial score (nSPS) is 32.2. The molecule has 4 nitrogen and oxygen atoms in total. The third-order valence-electron chi connectivity index (χ3n) is 3.06. The topological polar surface area (TPSA) is 46.6 Å². The Kier molecular flexibility index (Phi) is 2.54. The van der Waals surface area contributed by atoms with Gasteiger partial charge in [-0.05, 0) is 19.8 Å². The van der Waals surface area contributed by atoms with Crippen molar-refractivity contribution < 1.29 is 14.4 Å². The molecular weight excluding hydrogens is 182 g/mol. The Balaban J connectivity index is 2.15. The predicted molar refractivity (Wildman–Crippen MR) is 48.9 cm³/mol. The lowest BCUT2D eigenvalue weighted by Gasteiger charge is -2.19. The number of amides is 2. The minimum Gasteiger partial charge on any atom is -0.272 e. The molecule has 0 N–H and O–H groups in total. The number of rotatable bonds is 2. The molecule has 2 amide bonds. The van der Waals surface area contributed by atoms with E-state index in [1.807, 2.05) is 0 Å². The maximum absolute atomic E-state index is 11.7. The molecule has 0 spiro atoms. The largest absolute Gasteiger partial charge is 0.272 e. The van der Waals surface area contributed by atoms with Gasteiger partial charge in [-0.1, -0.05) is 12.8 Å². The number of carbonyl (C=O) groups is 2. The predicted octanol–water partition coefficient (Wildman–Crippen LogP) is 1.11. The molecule has 0 aromatic carbocycles. The number of hydrogen-bond donors (Lipinski definition) is 0. The van der Waals surface area contributed by atoms with Crippen molar-refractivity contribution in [2.75, 3.05) is 6.61 Å². The molecule has 1 aliphatic heterocycles. The average Bonchev–Trinajstić information content (AvgIpc) is 2.45. The molecule has 2 fully saturated rings. The summed E-state index contributed by atoms with van der Waals surface area (Å²) in [5.41, 5.74) is 0. The lowest BCUT2D eigenvalue weighted by molar-refractivity contribution is -0.188. The molecule has 2 atom stereocenters. The van der Waals surface area contributed by atoms with Crippen LogP contribution in [0.15, 0.2) is 0 Å². The average molecular weight is 197 g/mol. The summed E-state index contributed by atoms with van der Waals surface area (Å²) in [6, 6.07) is 0. The number of fused-ring (bicyclic) bond motifs is 1. The van der Waals surface area contributed by atoms with Gasteiger partial charge in [-0.3, -0.25) is 14.4 Å². The SMILES string of the molecule is CCON1C(=O)C2CCCCC2C1=O. The van der Waals surface area contributed by atoms with Crippen LogP contribution < -0.4 is 0 Å². The zero-order chi connectivity index (χ0) is 10.1. The summed E-state index contributed by atoms with van der Waals surface area (Å²) in [6.07, 6.45) is 3.80. The lowest BCUT2D eigenvalue weighted by Crippen LogP contribution is -2.31. The van der Waals surface area contributed by atoms with E-state index >= 15 is 0 Å². The molecule has 0 radical (unpaired) electrons. The maximum Gasteiger partial charge on any atom is 0.257 e. The molecule has 14 heavy (non-hydrogen) atoms. The number of hydroxylamine groups is 2. The highest BCUT2D eigenvalue weighted by Gasteiger charge is 2.49. The Morgan fingerprint density at radius 1 is 1.21 bits per heavy atom. The van der Waals surface area contributed by atoms with Gasteiger partial charge in [0.2, 0.25) is 0 Å². The van der Waals surface area contributed by atoms with E-state index in [0.29, 0.717) is 6.61 Å². The van der Waals surface area contributed by atoms with Crippen molar-refractivity contribution in [2.24, 2.45) is 11.8 Å². The number of imide groups is 1. The van der Waals surface area contributed by atoms with Crippen LogP contribution in [0.25, 0.3) is 0 Å². The van der Waals surface area contributed by atoms with Crippen molar-refractivity contribution >= 4 is 11.8 Å². The summed E-state index contributed by atoms with van der Waals surface area (Å²) in [6.45, 7) is 2.15. The van der Waals surface area contributed by atoms with Crippen molar-refractivity contribution in [1.29, 1.82) is 0 Å². The first-order chi connectivity index (χ1) is 6.75. The van der Waals surface area contributed by atoms with E-state index in [9.17, 15) is 9.59 Å². The Morgan fingerprint density at radius 2 is 1.71 bits per heavy atom. The van der Waals surface area contributed by atoms with Crippen LogP contribution >= 0.6 is 0 Å². The summed E-state index contributed by atoms with van der Waals surface area (Å²) in [5, 5.41) is 0.987. The second-order valence-corrected chi connectivity index (χ2v) is 3.89. The van der Waals surface area contributed by atoms with E-state index in [2.05, 4.69) is 0 Å². The van der Waals surface area contributed by atoms with Crippen LogP contribution in [0.5, 0.6) is 0 Å². The molecule has 4 heteroatoms. The van der Waals surface area contributed by atoms with Crippen molar-refractivity contribution in [3.05, 3.63) is 0 Å². The molecule has 2 aliphatic rings. The Bertz CT molecular complexity index is 240. The van der Waals surface area contributed by atoms with Crippen molar-refractivity contribution in [3.8, 4) is 0 Å². The van der Waals surface area contributed by atoms with Crippen molar-refractivity contribution in [3.63, 3.8) is 0 Å². The highest BCUT2D eigenvalue weighted by Crippen LogP contribution is 2.37. The van der Waals surface area contributed by atoms with Gasteiger partial charge in [-0.25, -0.2) is 0 Å². The number of hydrogen-bond acceptors (Lipinski definition) is 3. The van der Waals surface area contributed by atoms with Gasteiger partial charge in [-0.15, -0.1) is 0 Å². The Hall–Kier alpha value is -0.900. The molecule has 0 aromatic heterocycles.